The van der Waals surface area contributed by atoms with Crippen LogP contribution in [0.15, 0.2) is 40.9 Å². The zero-order valence-corrected chi connectivity index (χ0v) is 14.1. The molecule has 2 aromatic rings. The Hall–Kier alpha value is -2.15. The van der Waals surface area contributed by atoms with Crippen LogP contribution in [0.3, 0.4) is 0 Å². The van der Waals surface area contributed by atoms with Crippen molar-refractivity contribution in [2.24, 2.45) is 0 Å². The largest absolute Gasteiger partial charge is 0.360 e. The topological polar surface area (TPSA) is 89.3 Å². The SMILES string of the molecule is Cc1cc(CS(=O)(=O)[C@@H](C)C(=O)N[C@H](C)c2ccccc2)on1. The van der Waals surface area contributed by atoms with E-state index in [2.05, 4.69) is 10.5 Å². The lowest BCUT2D eigenvalue weighted by Crippen LogP contribution is -2.39. The number of sulfone groups is 1. The van der Waals surface area contributed by atoms with Crippen LogP contribution in [0.25, 0.3) is 0 Å². The Morgan fingerprint density at radius 1 is 1.26 bits per heavy atom. The monoisotopic (exact) mass is 336 g/mol. The van der Waals surface area contributed by atoms with Crippen LogP contribution >= 0.6 is 0 Å². The van der Waals surface area contributed by atoms with Gasteiger partial charge in [0.05, 0.1) is 11.7 Å². The van der Waals surface area contributed by atoms with Crippen LogP contribution in [0.2, 0.25) is 0 Å². The zero-order chi connectivity index (χ0) is 17.0. The normalized spacial score (nSPS) is 14.2. The molecule has 0 bridgehead atoms. The fourth-order valence-electron chi connectivity index (χ4n) is 2.13. The van der Waals surface area contributed by atoms with E-state index in [-0.39, 0.29) is 17.6 Å². The lowest BCUT2D eigenvalue weighted by atomic mass is 10.1. The third-order valence-corrected chi connectivity index (χ3v) is 5.56. The molecular formula is C16H20N2O4S. The van der Waals surface area contributed by atoms with Crippen LogP contribution in [0, 0.1) is 6.92 Å². The second-order valence-electron chi connectivity index (χ2n) is 5.52. The summed E-state index contributed by atoms with van der Waals surface area (Å²) in [4.78, 5) is 12.2. The predicted molar refractivity (Wildman–Crippen MR) is 86.3 cm³/mol. The minimum Gasteiger partial charge on any atom is -0.360 e. The van der Waals surface area contributed by atoms with Crippen LogP contribution in [-0.2, 0) is 20.4 Å². The molecule has 2 atom stereocenters. The van der Waals surface area contributed by atoms with Crippen molar-refractivity contribution in [3.05, 3.63) is 53.4 Å². The van der Waals surface area contributed by atoms with Crippen molar-refractivity contribution in [1.29, 1.82) is 0 Å². The number of amides is 1. The summed E-state index contributed by atoms with van der Waals surface area (Å²) >= 11 is 0. The Morgan fingerprint density at radius 3 is 2.48 bits per heavy atom. The second kappa shape index (κ2) is 6.95. The first kappa shape index (κ1) is 17.2. The smallest absolute Gasteiger partial charge is 0.238 e. The summed E-state index contributed by atoms with van der Waals surface area (Å²) in [7, 11) is -3.67. The predicted octanol–water partition coefficient (Wildman–Crippen LogP) is 2.16. The van der Waals surface area contributed by atoms with E-state index in [1.54, 1.807) is 13.0 Å². The Morgan fingerprint density at radius 2 is 1.91 bits per heavy atom. The first-order chi connectivity index (χ1) is 10.8. The summed E-state index contributed by atoms with van der Waals surface area (Å²) in [5, 5.41) is 5.21. The standard InChI is InChI=1S/C16H20N2O4S/c1-11-9-15(22-18-11)10-23(20,21)13(3)16(19)17-12(2)14-7-5-4-6-8-14/h4-9,12-13H,10H2,1-3H3,(H,17,19)/t12-,13+/m1/s1. The highest BCUT2D eigenvalue weighted by atomic mass is 32.2. The van der Waals surface area contributed by atoms with Crippen molar-refractivity contribution in [2.75, 3.05) is 0 Å². The van der Waals surface area contributed by atoms with Gasteiger partial charge in [-0.05, 0) is 26.3 Å². The van der Waals surface area contributed by atoms with Crippen molar-refractivity contribution in [3.63, 3.8) is 0 Å². The van der Waals surface area contributed by atoms with Gasteiger partial charge < -0.3 is 9.84 Å². The molecule has 0 radical (unpaired) electrons. The molecule has 0 saturated carbocycles. The van der Waals surface area contributed by atoms with Crippen molar-refractivity contribution in [3.8, 4) is 0 Å². The molecule has 124 valence electrons. The van der Waals surface area contributed by atoms with Crippen molar-refractivity contribution < 1.29 is 17.7 Å². The summed E-state index contributed by atoms with van der Waals surface area (Å²) in [5.41, 5.74) is 1.52. The van der Waals surface area contributed by atoms with Gasteiger partial charge in [-0.1, -0.05) is 35.5 Å². The average Bonchev–Trinajstić information content (AvgIpc) is 2.91. The molecule has 0 unspecified atom stereocenters. The fourth-order valence-corrected chi connectivity index (χ4v) is 3.30. The Bertz CT molecular complexity index is 768. The molecule has 0 aliphatic heterocycles. The van der Waals surface area contributed by atoms with E-state index >= 15 is 0 Å². The maximum Gasteiger partial charge on any atom is 0.238 e. The third kappa shape index (κ3) is 4.41. The average molecular weight is 336 g/mol. The van der Waals surface area contributed by atoms with Crippen LogP contribution in [0.5, 0.6) is 0 Å². The van der Waals surface area contributed by atoms with Crippen molar-refractivity contribution >= 4 is 15.7 Å². The summed E-state index contributed by atoms with van der Waals surface area (Å²) in [6.07, 6.45) is 0. The number of nitrogens with one attached hydrogen (secondary N) is 1. The Balaban J connectivity index is 2.03. The van der Waals surface area contributed by atoms with Crippen LogP contribution in [0.1, 0.15) is 36.9 Å². The molecule has 0 spiro atoms. The van der Waals surface area contributed by atoms with Crippen LogP contribution in [0.4, 0.5) is 0 Å². The van der Waals surface area contributed by atoms with Gasteiger partial charge in [0.25, 0.3) is 0 Å². The van der Waals surface area contributed by atoms with Gasteiger partial charge in [0.2, 0.25) is 5.91 Å². The molecule has 23 heavy (non-hydrogen) atoms. The highest BCUT2D eigenvalue weighted by Gasteiger charge is 2.30. The number of aryl methyl sites for hydroxylation is 1. The molecule has 0 fully saturated rings. The minimum atomic E-state index is -3.67. The Labute approximate surface area is 135 Å². The van der Waals surface area contributed by atoms with Gasteiger partial charge in [-0.15, -0.1) is 0 Å². The van der Waals surface area contributed by atoms with Gasteiger partial charge in [0, 0.05) is 6.07 Å². The summed E-state index contributed by atoms with van der Waals surface area (Å²) in [6, 6.07) is 10.6. The van der Waals surface area contributed by atoms with Gasteiger partial charge in [0.15, 0.2) is 15.6 Å². The third-order valence-electron chi connectivity index (χ3n) is 3.59. The van der Waals surface area contributed by atoms with Gasteiger partial charge in [-0.3, -0.25) is 4.79 Å². The van der Waals surface area contributed by atoms with Crippen LogP contribution in [-0.4, -0.2) is 24.7 Å². The molecule has 1 aromatic carbocycles. The maximum atomic E-state index is 12.3. The van der Waals surface area contributed by atoms with Crippen molar-refractivity contribution in [1.82, 2.24) is 10.5 Å². The van der Waals surface area contributed by atoms with Crippen molar-refractivity contribution in [2.45, 2.75) is 37.8 Å². The van der Waals surface area contributed by atoms with E-state index in [4.69, 9.17) is 4.52 Å². The number of benzene rings is 1. The van der Waals surface area contributed by atoms with Crippen LogP contribution < -0.4 is 5.32 Å². The molecule has 0 aliphatic carbocycles. The van der Waals surface area contributed by atoms with E-state index in [1.165, 1.54) is 6.92 Å². The first-order valence-electron chi connectivity index (χ1n) is 7.28. The highest BCUT2D eigenvalue weighted by molar-refractivity contribution is 7.92. The van der Waals surface area contributed by atoms with Gasteiger partial charge in [0.1, 0.15) is 11.0 Å². The minimum absolute atomic E-state index is 0.234. The number of carbonyl (C=O) groups excluding carboxylic acids is 1. The van der Waals surface area contributed by atoms with E-state index < -0.39 is 21.0 Å². The number of nitrogens with zero attached hydrogens (tertiary/aromatic N) is 1. The number of hydrogen-bond donors (Lipinski definition) is 1. The van der Waals surface area contributed by atoms with E-state index in [0.29, 0.717) is 5.69 Å². The quantitative estimate of drug-likeness (QED) is 0.873. The second-order valence-corrected chi connectivity index (χ2v) is 7.85. The molecule has 1 amide bonds. The Kier molecular flexibility index (Phi) is 5.20. The molecule has 1 N–H and O–H groups in total. The molecule has 6 nitrogen and oxygen atoms in total. The molecule has 7 heteroatoms. The first-order valence-corrected chi connectivity index (χ1v) is 9.00. The number of hydrogen-bond acceptors (Lipinski definition) is 5. The summed E-state index contributed by atoms with van der Waals surface area (Å²) < 4.78 is 29.6. The van der Waals surface area contributed by atoms with E-state index in [1.807, 2.05) is 37.3 Å². The molecule has 0 saturated heterocycles. The lowest BCUT2D eigenvalue weighted by Gasteiger charge is -2.17. The van der Waals surface area contributed by atoms with E-state index in [9.17, 15) is 13.2 Å². The molecule has 1 aromatic heterocycles. The van der Waals surface area contributed by atoms with Gasteiger partial charge >= 0.3 is 0 Å². The molecule has 1 heterocycles. The molecule has 2 rings (SSSR count). The van der Waals surface area contributed by atoms with E-state index in [0.717, 1.165) is 5.56 Å². The van der Waals surface area contributed by atoms with Gasteiger partial charge in [-0.25, -0.2) is 8.42 Å². The van der Waals surface area contributed by atoms with Gasteiger partial charge in [-0.2, -0.15) is 0 Å². The maximum absolute atomic E-state index is 12.3. The zero-order valence-electron chi connectivity index (χ0n) is 13.3. The highest BCUT2D eigenvalue weighted by Crippen LogP contribution is 2.15. The fraction of sp³-hybridized carbons (Fsp3) is 0.375. The molecule has 0 aliphatic rings. The lowest BCUT2D eigenvalue weighted by molar-refractivity contribution is -0.121. The number of aromatic nitrogens is 1. The summed E-state index contributed by atoms with van der Waals surface area (Å²) in [6.45, 7) is 4.90. The summed E-state index contributed by atoms with van der Waals surface area (Å²) in [5.74, 6) is -0.641. The molecular weight excluding hydrogens is 316 g/mol. The number of rotatable bonds is 6. The number of carbonyl (C=O) groups is 1.